The number of nitrogens with one attached hydrogen (secondary N) is 1. The van der Waals surface area contributed by atoms with E-state index in [9.17, 15) is 13.2 Å². The van der Waals surface area contributed by atoms with Crippen LogP contribution in [0.2, 0.25) is 0 Å². The Hall–Kier alpha value is -1.60. The lowest BCUT2D eigenvalue weighted by Gasteiger charge is -2.20. The highest BCUT2D eigenvalue weighted by Gasteiger charge is 2.16. The van der Waals surface area contributed by atoms with Crippen molar-refractivity contribution in [2.24, 2.45) is 0 Å². The van der Waals surface area contributed by atoms with Gasteiger partial charge in [-0.15, -0.1) is 0 Å². The van der Waals surface area contributed by atoms with E-state index in [1.807, 2.05) is 0 Å². The Morgan fingerprint density at radius 1 is 1.19 bits per heavy atom. The average Bonchev–Trinajstić information content (AvgIpc) is 2.32. The van der Waals surface area contributed by atoms with Crippen LogP contribution in [0.3, 0.4) is 0 Å². The van der Waals surface area contributed by atoms with E-state index >= 15 is 0 Å². The third kappa shape index (κ3) is 7.67. The van der Waals surface area contributed by atoms with Crippen LogP contribution in [0, 0.1) is 0 Å². The molecule has 1 amide bonds. The number of rotatable bonds is 5. The Kier molecular flexibility index (Phi) is 5.74. The Morgan fingerprint density at radius 3 is 2.29 bits per heavy atom. The zero-order valence-electron chi connectivity index (χ0n) is 12.7. The quantitative estimate of drug-likeness (QED) is 0.842. The first-order chi connectivity index (χ1) is 9.57. The highest BCUT2D eigenvalue weighted by molar-refractivity contribution is 7.85. The SMILES string of the molecule is CC(C)(C)OC(=O)NCc1ccccc1COS(C)(=O)=O. The van der Waals surface area contributed by atoms with E-state index in [1.165, 1.54) is 0 Å². The monoisotopic (exact) mass is 315 g/mol. The smallest absolute Gasteiger partial charge is 0.407 e. The largest absolute Gasteiger partial charge is 0.444 e. The number of hydrogen-bond donors (Lipinski definition) is 1. The fourth-order valence-corrected chi connectivity index (χ4v) is 1.86. The predicted molar refractivity (Wildman–Crippen MR) is 79.1 cm³/mol. The van der Waals surface area contributed by atoms with E-state index in [4.69, 9.17) is 8.92 Å². The van der Waals surface area contributed by atoms with Gasteiger partial charge in [0.2, 0.25) is 0 Å². The van der Waals surface area contributed by atoms with Gasteiger partial charge in [0.15, 0.2) is 0 Å². The van der Waals surface area contributed by atoms with Gasteiger partial charge >= 0.3 is 6.09 Å². The lowest BCUT2D eigenvalue weighted by Crippen LogP contribution is -2.32. The Balaban J connectivity index is 2.65. The van der Waals surface area contributed by atoms with Gasteiger partial charge in [-0.1, -0.05) is 24.3 Å². The zero-order valence-corrected chi connectivity index (χ0v) is 13.5. The maximum Gasteiger partial charge on any atom is 0.407 e. The normalized spacial score (nSPS) is 12.0. The van der Waals surface area contributed by atoms with Gasteiger partial charge in [-0.05, 0) is 31.9 Å². The first-order valence-corrected chi connectivity index (χ1v) is 8.26. The van der Waals surface area contributed by atoms with Crippen LogP contribution in [0.5, 0.6) is 0 Å². The van der Waals surface area contributed by atoms with Crippen molar-refractivity contribution < 1.29 is 22.1 Å². The predicted octanol–water partition coefficient (Wildman–Crippen LogP) is 2.19. The molecule has 0 atom stereocenters. The van der Waals surface area contributed by atoms with Crippen molar-refractivity contribution in [2.45, 2.75) is 39.5 Å². The zero-order chi connectivity index (χ0) is 16.1. The van der Waals surface area contributed by atoms with Gasteiger partial charge in [0.05, 0.1) is 12.9 Å². The molecule has 0 fully saturated rings. The van der Waals surface area contributed by atoms with E-state index in [0.717, 1.165) is 11.8 Å². The summed E-state index contributed by atoms with van der Waals surface area (Å²) in [7, 11) is -3.51. The summed E-state index contributed by atoms with van der Waals surface area (Å²) in [5.74, 6) is 0. The van der Waals surface area contributed by atoms with E-state index in [2.05, 4.69) is 5.32 Å². The van der Waals surface area contributed by atoms with Gasteiger partial charge in [0, 0.05) is 6.54 Å². The molecule has 7 heteroatoms. The second-order valence-electron chi connectivity index (χ2n) is 5.59. The Bertz CT molecular complexity index is 590. The molecular weight excluding hydrogens is 294 g/mol. The molecule has 0 radical (unpaired) electrons. The van der Waals surface area contributed by atoms with Crippen molar-refractivity contribution in [3.8, 4) is 0 Å². The minimum absolute atomic E-state index is 0.0645. The van der Waals surface area contributed by atoms with Crippen LogP contribution in [-0.2, 0) is 32.2 Å². The fraction of sp³-hybridized carbons (Fsp3) is 0.500. The molecule has 0 spiro atoms. The minimum atomic E-state index is -3.51. The third-order valence-electron chi connectivity index (χ3n) is 2.37. The number of alkyl carbamates (subject to hydrolysis) is 1. The lowest BCUT2D eigenvalue weighted by atomic mass is 10.1. The second-order valence-corrected chi connectivity index (χ2v) is 7.23. The molecule has 0 aliphatic carbocycles. The van der Waals surface area contributed by atoms with Crippen LogP contribution in [-0.4, -0.2) is 26.4 Å². The summed E-state index contributed by atoms with van der Waals surface area (Å²) in [6.45, 7) is 5.50. The maximum atomic E-state index is 11.6. The van der Waals surface area contributed by atoms with Crippen LogP contribution in [0.15, 0.2) is 24.3 Å². The molecule has 1 N–H and O–H groups in total. The molecule has 0 bridgehead atoms. The van der Waals surface area contributed by atoms with Gasteiger partial charge in [-0.3, -0.25) is 4.18 Å². The summed E-state index contributed by atoms with van der Waals surface area (Å²) < 4.78 is 32.0. The number of amides is 1. The molecule has 1 aromatic rings. The van der Waals surface area contributed by atoms with Gasteiger partial charge < -0.3 is 10.1 Å². The standard InChI is InChI=1S/C14H21NO5S/c1-14(2,3)20-13(16)15-9-11-7-5-6-8-12(11)10-19-21(4,17)18/h5-8H,9-10H2,1-4H3,(H,15,16). The van der Waals surface area contributed by atoms with Crippen molar-refractivity contribution in [3.05, 3.63) is 35.4 Å². The topological polar surface area (TPSA) is 81.7 Å². The van der Waals surface area contributed by atoms with E-state index in [0.29, 0.717) is 5.56 Å². The molecule has 0 aromatic heterocycles. The molecule has 0 saturated heterocycles. The van der Waals surface area contributed by atoms with Gasteiger partial charge in [0.1, 0.15) is 5.60 Å². The minimum Gasteiger partial charge on any atom is -0.444 e. The lowest BCUT2D eigenvalue weighted by molar-refractivity contribution is 0.0523. The number of carbonyl (C=O) groups excluding carboxylic acids is 1. The number of benzene rings is 1. The molecule has 1 aromatic carbocycles. The summed E-state index contributed by atoms with van der Waals surface area (Å²) in [6, 6.07) is 7.11. The maximum absolute atomic E-state index is 11.6. The van der Waals surface area contributed by atoms with E-state index in [-0.39, 0.29) is 13.2 Å². The second kappa shape index (κ2) is 6.91. The van der Waals surface area contributed by atoms with Crippen molar-refractivity contribution >= 4 is 16.2 Å². The van der Waals surface area contributed by atoms with Crippen LogP contribution in [0.25, 0.3) is 0 Å². The highest BCUT2D eigenvalue weighted by atomic mass is 32.2. The van der Waals surface area contributed by atoms with Crippen LogP contribution in [0.1, 0.15) is 31.9 Å². The van der Waals surface area contributed by atoms with Crippen molar-refractivity contribution in [1.82, 2.24) is 5.32 Å². The number of hydrogen-bond acceptors (Lipinski definition) is 5. The van der Waals surface area contributed by atoms with Gasteiger partial charge in [-0.2, -0.15) is 8.42 Å². The first kappa shape index (κ1) is 17.5. The van der Waals surface area contributed by atoms with Crippen molar-refractivity contribution in [2.75, 3.05) is 6.26 Å². The molecule has 0 aliphatic rings. The van der Waals surface area contributed by atoms with Gasteiger partial charge in [-0.25, -0.2) is 4.79 Å². The molecular formula is C14H21NO5S. The molecule has 21 heavy (non-hydrogen) atoms. The van der Waals surface area contributed by atoms with Crippen molar-refractivity contribution in [3.63, 3.8) is 0 Å². The summed E-state index contributed by atoms with van der Waals surface area (Å²) in [4.78, 5) is 11.6. The van der Waals surface area contributed by atoms with Crippen LogP contribution in [0.4, 0.5) is 4.79 Å². The molecule has 0 unspecified atom stereocenters. The fourth-order valence-electron chi connectivity index (χ4n) is 1.52. The Morgan fingerprint density at radius 2 is 1.76 bits per heavy atom. The van der Waals surface area contributed by atoms with Crippen LogP contribution >= 0.6 is 0 Å². The van der Waals surface area contributed by atoms with E-state index < -0.39 is 21.8 Å². The highest BCUT2D eigenvalue weighted by Crippen LogP contribution is 2.12. The third-order valence-corrected chi connectivity index (χ3v) is 2.91. The Labute approximate surface area is 125 Å². The first-order valence-electron chi connectivity index (χ1n) is 6.45. The van der Waals surface area contributed by atoms with Crippen LogP contribution < -0.4 is 5.32 Å². The molecule has 0 saturated carbocycles. The average molecular weight is 315 g/mol. The number of carbonyl (C=O) groups is 1. The summed E-state index contributed by atoms with van der Waals surface area (Å²) in [5.41, 5.74) is 0.897. The summed E-state index contributed by atoms with van der Waals surface area (Å²) in [5, 5.41) is 2.63. The number of ether oxygens (including phenoxy) is 1. The van der Waals surface area contributed by atoms with Crippen molar-refractivity contribution in [1.29, 1.82) is 0 Å². The molecule has 1 rings (SSSR count). The summed E-state index contributed by atoms with van der Waals surface area (Å²) in [6.07, 6.45) is 0.468. The van der Waals surface area contributed by atoms with Gasteiger partial charge in [0.25, 0.3) is 10.1 Å². The molecule has 118 valence electrons. The molecule has 0 heterocycles. The molecule has 6 nitrogen and oxygen atoms in total. The summed E-state index contributed by atoms with van der Waals surface area (Å²) >= 11 is 0. The van der Waals surface area contributed by atoms with E-state index in [1.54, 1.807) is 45.0 Å². The molecule has 0 aliphatic heterocycles.